The van der Waals surface area contributed by atoms with E-state index in [4.69, 9.17) is 4.42 Å². The maximum absolute atomic E-state index is 7.27. The van der Waals surface area contributed by atoms with Gasteiger partial charge in [0.05, 0.1) is 0 Å². The molecular formula is C72H43BN2O. The molecule has 350 valence electrons. The van der Waals surface area contributed by atoms with Crippen molar-refractivity contribution in [3.8, 4) is 55.6 Å². The predicted molar refractivity (Wildman–Crippen MR) is 322 cm³/mol. The van der Waals surface area contributed by atoms with Crippen molar-refractivity contribution in [3.05, 3.63) is 261 Å². The Labute approximate surface area is 438 Å². The number of benzene rings is 13. The van der Waals surface area contributed by atoms with Crippen molar-refractivity contribution in [2.45, 2.75) is 0 Å². The molecule has 2 aliphatic heterocycles. The summed E-state index contributed by atoms with van der Waals surface area (Å²) in [4.78, 5) is 2.62. The largest absolute Gasteiger partial charge is 0.455 e. The highest BCUT2D eigenvalue weighted by atomic mass is 16.3. The van der Waals surface area contributed by atoms with Crippen molar-refractivity contribution in [3.63, 3.8) is 0 Å². The van der Waals surface area contributed by atoms with Gasteiger partial charge >= 0.3 is 6.85 Å². The van der Waals surface area contributed by atoms with Crippen molar-refractivity contribution in [1.82, 2.24) is 4.48 Å². The summed E-state index contributed by atoms with van der Waals surface area (Å²) in [5, 5.41) is 12.1. The molecule has 3 nitrogen and oxygen atoms in total. The molecule has 0 fully saturated rings. The molecule has 0 saturated heterocycles. The molecule has 0 radical (unpaired) electrons. The third-order valence-electron chi connectivity index (χ3n) is 16.6. The van der Waals surface area contributed by atoms with Gasteiger partial charge in [0.25, 0.3) is 0 Å². The van der Waals surface area contributed by atoms with Gasteiger partial charge < -0.3 is 13.8 Å². The maximum atomic E-state index is 7.27. The van der Waals surface area contributed by atoms with Crippen LogP contribution in [0.4, 0.5) is 17.1 Å². The van der Waals surface area contributed by atoms with E-state index in [9.17, 15) is 0 Å². The number of hydrogen-bond donors (Lipinski definition) is 0. The van der Waals surface area contributed by atoms with Crippen LogP contribution in [-0.2, 0) is 0 Å². The van der Waals surface area contributed by atoms with Crippen molar-refractivity contribution in [2.75, 3.05) is 4.90 Å². The molecule has 13 aromatic carbocycles. The van der Waals surface area contributed by atoms with Gasteiger partial charge in [0.15, 0.2) is 0 Å². The fourth-order valence-corrected chi connectivity index (χ4v) is 13.6. The Morgan fingerprint density at radius 3 is 1.50 bits per heavy atom. The van der Waals surface area contributed by atoms with Crippen LogP contribution in [0.25, 0.3) is 132 Å². The SMILES string of the molecule is c1ccc(-c2cc(-c3ccccc3)cc(N3c4cc5c(-c6ccccc6)c6ccccc6c(-c6ccccc6)c5cc4B4c5c3cc3c(oc6ccccc63)c5-c3cc5ccccc5c5c6ccccc6n4c35)c2)cc1. The van der Waals surface area contributed by atoms with E-state index in [0.29, 0.717) is 0 Å². The van der Waals surface area contributed by atoms with Gasteiger partial charge in [-0.15, -0.1) is 0 Å². The zero-order valence-corrected chi connectivity index (χ0v) is 41.2. The summed E-state index contributed by atoms with van der Waals surface area (Å²) < 4.78 is 9.97. The molecule has 76 heavy (non-hydrogen) atoms. The molecule has 4 heterocycles. The second kappa shape index (κ2) is 15.8. The van der Waals surface area contributed by atoms with Crippen LogP contribution in [0.5, 0.6) is 0 Å². The van der Waals surface area contributed by atoms with Crippen LogP contribution in [0.2, 0.25) is 0 Å². The normalized spacial score (nSPS) is 12.7. The van der Waals surface area contributed by atoms with Crippen LogP contribution < -0.4 is 15.8 Å². The average Bonchev–Trinajstić information content (AvgIpc) is 3.87. The first-order chi connectivity index (χ1) is 37.7. The molecule has 0 aliphatic carbocycles. The number of fused-ring (bicyclic) bond motifs is 15. The molecule has 0 atom stereocenters. The highest BCUT2D eigenvalue weighted by molar-refractivity contribution is 6.90. The molecule has 0 saturated carbocycles. The van der Waals surface area contributed by atoms with E-state index < -0.39 is 0 Å². The van der Waals surface area contributed by atoms with Crippen LogP contribution in [0, 0.1) is 0 Å². The smallest absolute Gasteiger partial charge is 0.333 e. The minimum Gasteiger partial charge on any atom is -0.455 e. The lowest BCUT2D eigenvalue weighted by molar-refractivity contribution is 0.670. The van der Waals surface area contributed by atoms with Crippen molar-refractivity contribution in [2.24, 2.45) is 0 Å². The Morgan fingerprint density at radius 1 is 0.342 bits per heavy atom. The number of aromatic nitrogens is 1. The van der Waals surface area contributed by atoms with Gasteiger partial charge in [-0.3, -0.25) is 0 Å². The van der Waals surface area contributed by atoms with Crippen LogP contribution in [-0.4, -0.2) is 11.3 Å². The van der Waals surface area contributed by atoms with E-state index in [1.54, 1.807) is 0 Å². The van der Waals surface area contributed by atoms with Crippen molar-refractivity contribution < 1.29 is 4.42 Å². The fraction of sp³-hybridized carbons (Fsp3) is 0. The Bertz CT molecular complexity index is 4870. The van der Waals surface area contributed by atoms with Gasteiger partial charge in [0, 0.05) is 60.8 Å². The Hall–Kier alpha value is -9.90. The lowest BCUT2D eigenvalue weighted by Gasteiger charge is -2.41. The standard InChI is InChI=1S/C72H43BN2O/c1-5-21-44(22-6-1)49-37-50(45-23-7-2-8-24-45)39-51(38-49)74-63-42-58-57(66(46-25-9-3-10-26-46)54-32-15-16-33-55(54)67(58)47-27-11-4-12-28-47)41-61(63)73-70-64(74)43-59-53-31-18-20-36-65(53)76-72(59)69(70)60-40-48-29-13-14-30-52(48)68-56-34-17-19-35-62(56)75(73)71(60)68/h1-43H. The summed E-state index contributed by atoms with van der Waals surface area (Å²) in [7, 11) is 0. The predicted octanol–water partition coefficient (Wildman–Crippen LogP) is 18.2. The van der Waals surface area contributed by atoms with Crippen LogP contribution in [0.3, 0.4) is 0 Å². The first kappa shape index (κ1) is 41.6. The average molecular weight is 963 g/mol. The Kier molecular flexibility index (Phi) is 8.64. The Balaban J connectivity index is 1.12. The number of anilines is 3. The molecule has 0 unspecified atom stereocenters. The molecular weight excluding hydrogens is 920 g/mol. The highest BCUT2D eigenvalue weighted by Crippen LogP contribution is 2.53. The van der Waals surface area contributed by atoms with Crippen molar-refractivity contribution in [1.29, 1.82) is 0 Å². The summed E-state index contributed by atoms with van der Waals surface area (Å²) in [6.07, 6.45) is 0. The molecule has 0 N–H and O–H groups in total. The first-order valence-electron chi connectivity index (χ1n) is 26.4. The number of hydrogen-bond acceptors (Lipinski definition) is 2. The molecule has 2 aromatic heterocycles. The molecule has 15 aromatic rings. The lowest BCUT2D eigenvalue weighted by atomic mass is 9.44. The first-order valence-corrected chi connectivity index (χ1v) is 26.4. The third kappa shape index (κ3) is 5.78. The van der Waals surface area contributed by atoms with E-state index >= 15 is 0 Å². The van der Waals surface area contributed by atoms with Crippen molar-refractivity contribution >= 4 is 111 Å². The molecule has 4 heteroatoms. The Morgan fingerprint density at radius 2 is 0.855 bits per heavy atom. The maximum Gasteiger partial charge on any atom is 0.333 e. The summed E-state index contributed by atoms with van der Waals surface area (Å²) in [6, 6.07) is 96.8. The molecule has 0 bridgehead atoms. The van der Waals surface area contributed by atoms with Gasteiger partial charge in [0.1, 0.15) is 11.2 Å². The summed E-state index contributed by atoms with van der Waals surface area (Å²) in [5.74, 6) is 0. The topological polar surface area (TPSA) is 21.3 Å². The van der Waals surface area contributed by atoms with Gasteiger partial charge in [-0.1, -0.05) is 212 Å². The number of furan rings is 1. The number of rotatable bonds is 5. The lowest BCUT2D eigenvalue weighted by Crippen LogP contribution is -2.56. The van der Waals surface area contributed by atoms with Gasteiger partial charge in [-0.2, -0.15) is 0 Å². The minimum absolute atomic E-state index is 0.240. The van der Waals surface area contributed by atoms with E-state index in [-0.39, 0.29) is 6.85 Å². The van der Waals surface area contributed by atoms with Crippen LogP contribution in [0.1, 0.15) is 0 Å². The number of para-hydroxylation sites is 2. The second-order valence-corrected chi connectivity index (χ2v) is 20.6. The minimum atomic E-state index is -0.240. The zero-order valence-electron chi connectivity index (χ0n) is 41.2. The van der Waals surface area contributed by atoms with E-state index in [2.05, 4.69) is 270 Å². The summed E-state index contributed by atoms with van der Waals surface area (Å²) >= 11 is 0. The van der Waals surface area contributed by atoms with E-state index in [0.717, 1.165) is 55.7 Å². The van der Waals surface area contributed by atoms with Gasteiger partial charge in [-0.05, 0) is 136 Å². The molecule has 17 rings (SSSR count). The van der Waals surface area contributed by atoms with E-state index in [1.807, 2.05) is 0 Å². The quantitative estimate of drug-likeness (QED) is 0.127. The molecule has 0 amide bonds. The summed E-state index contributed by atoms with van der Waals surface area (Å²) in [5.41, 5.74) is 21.9. The van der Waals surface area contributed by atoms with Crippen LogP contribution >= 0.6 is 0 Å². The molecule has 0 spiro atoms. The number of nitrogens with zero attached hydrogens (tertiary/aromatic N) is 2. The fourth-order valence-electron chi connectivity index (χ4n) is 13.6. The monoisotopic (exact) mass is 962 g/mol. The highest BCUT2D eigenvalue weighted by Gasteiger charge is 2.45. The summed E-state index contributed by atoms with van der Waals surface area (Å²) in [6.45, 7) is -0.240. The van der Waals surface area contributed by atoms with E-state index in [1.165, 1.54) is 104 Å². The third-order valence-corrected chi connectivity index (χ3v) is 16.6. The van der Waals surface area contributed by atoms with Gasteiger partial charge in [-0.25, -0.2) is 0 Å². The van der Waals surface area contributed by atoms with Crippen LogP contribution in [0.15, 0.2) is 265 Å². The zero-order chi connectivity index (χ0) is 49.6. The van der Waals surface area contributed by atoms with Gasteiger partial charge in [0.2, 0.25) is 0 Å². The molecule has 2 aliphatic rings. The second-order valence-electron chi connectivity index (χ2n) is 20.6.